The van der Waals surface area contributed by atoms with E-state index in [0.717, 1.165) is 5.56 Å². The largest absolute Gasteiger partial charge is 0.482 e. The van der Waals surface area contributed by atoms with Crippen molar-refractivity contribution in [2.45, 2.75) is 6.61 Å². The monoisotopic (exact) mass is 355 g/mol. The van der Waals surface area contributed by atoms with Crippen molar-refractivity contribution in [1.82, 2.24) is 15.1 Å². The van der Waals surface area contributed by atoms with Gasteiger partial charge in [-0.1, -0.05) is 40.0 Å². The maximum Gasteiger partial charge on any atom is 0.264 e. The van der Waals surface area contributed by atoms with Crippen molar-refractivity contribution >= 4 is 34.8 Å². The van der Waals surface area contributed by atoms with Gasteiger partial charge in [-0.25, -0.2) is 0 Å². The molecular formula is C14H8Cl3N3O2. The van der Waals surface area contributed by atoms with E-state index in [1.165, 1.54) is 12.1 Å². The van der Waals surface area contributed by atoms with Gasteiger partial charge in [0.25, 0.3) is 5.89 Å². The third kappa shape index (κ3) is 3.32. The molecule has 3 rings (SSSR count). The lowest BCUT2D eigenvalue weighted by Gasteiger charge is -2.06. The molecule has 0 N–H and O–H groups in total. The van der Waals surface area contributed by atoms with Crippen LogP contribution in [0.2, 0.25) is 15.1 Å². The average molecular weight is 357 g/mol. The molecule has 1 aromatic carbocycles. The summed E-state index contributed by atoms with van der Waals surface area (Å²) in [6.45, 7) is 0.0652. The fourth-order valence-electron chi connectivity index (χ4n) is 1.69. The van der Waals surface area contributed by atoms with Gasteiger partial charge in [0.05, 0.1) is 15.1 Å². The number of rotatable bonds is 4. The minimum absolute atomic E-state index is 0.0652. The van der Waals surface area contributed by atoms with E-state index in [9.17, 15) is 0 Å². The fourth-order valence-corrected chi connectivity index (χ4v) is 2.28. The van der Waals surface area contributed by atoms with E-state index >= 15 is 0 Å². The molecule has 0 aliphatic heterocycles. The number of pyridine rings is 1. The van der Waals surface area contributed by atoms with Crippen LogP contribution in [0.15, 0.2) is 41.2 Å². The molecule has 0 bridgehead atoms. The molecule has 0 atom stereocenters. The first-order valence-corrected chi connectivity index (χ1v) is 7.27. The Morgan fingerprint density at radius 1 is 1.00 bits per heavy atom. The Morgan fingerprint density at radius 3 is 2.50 bits per heavy atom. The van der Waals surface area contributed by atoms with Gasteiger partial charge >= 0.3 is 0 Å². The van der Waals surface area contributed by atoms with Crippen LogP contribution in [0.5, 0.6) is 5.75 Å². The topological polar surface area (TPSA) is 61.0 Å². The maximum atomic E-state index is 6.03. The molecule has 112 valence electrons. The van der Waals surface area contributed by atoms with E-state index in [1.807, 2.05) is 0 Å². The van der Waals surface area contributed by atoms with E-state index < -0.39 is 0 Å². The molecule has 0 amide bonds. The second kappa shape index (κ2) is 6.52. The van der Waals surface area contributed by atoms with Crippen LogP contribution in [0.3, 0.4) is 0 Å². The normalized spacial score (nSPS) is 10.7. The molecule has 0 spiro atoms. The molecule has 0 unspecified atom stereocenters. The Bertz CT molecular complexity index is 793. The molecule has 8 heteroatoms. The summed E-state index contributed by atoms with van der Waals surface area (Å²) in [5.41, 5.74) is 0.803. The minimum atomic E-state index is 0.0652. The van der Waals surface area contributed by atoms with Crippen LogP contribution in [0.25, 0.3) is 11.4 Å². The molecule has 22 heavy (non-hydrogen) atoms. The summed E-state index contributed by atoms with van der Waals surface area (Å²) < 4.78 is 10.7. The summed E-state index contributed by atoms with van der Waals surface area (Å²) in [5.74, 6) is 1.16. The minimum Gasteiger partial charge on any atom is -0.482 e. The quantitative estimate of drug-likeness (QED) is 0.636. The van der Waals surface area contributed by atoms with E-state index in [2.05, 4.69) is 15.1 Å². The standard InChI is InChI=1S/C14H8Cl3N3O2/c15-9-5-11(17)12(6-10(9)16)21-7-13-19-14(20-22-13)8-1-3-18-4-2-8/h1-6H,7H2. The predicted octanol–water partition coefficient (Wildman–Crippen LogP) is 4.67. The van der Waals surface area contributed by atoms with Gasteiger partial charge in [0.1, 0.15) is 5.75 Å². The van der Waals surface area contributed by atoms with Gasteiger partial charge in [0.15, 0.2) is 6.61 Å². The third-order valence-corrected chi connectivity index (χ3v) is 3.75. The van der Waals surface area contributed by atoms with Crippen LogP contribution >= 0.6 is 34.8 Å². The van der Waals surface area contributed by atoms with E-state index in [0.29, 0.717) is 32.5 Å². The Labute approximate surface area is 140 Å². The van der Waals surface area contributed by atoms with Gasteiger partial charge in [0.2, 0.25) is 5.82 Å². The average Bonchev–Trinajstić information content (AvgIpc) is 2.99. The highest BCUT2D eigenvalue weighted by Crippen LogP contribution is 2.34. The molecule has 0 radical (unpaired) electrons. The zero-order chi connectivity index (χ0) is 15.5. The van der Waals surface area contributed by atoms with Gasteiger partial charge in [-0.3, -0.25) is 4.98 Å². The van der Waals surface area contributed by atoms with Crippen LogP contribution in [0.4, 0.5) is 0 Å². The van der Waals surface area contributed by atoms with Gasteiger partial charge in [-0.05, 0) is 18.2 Å². The Hall–Kier alpha value is -1.82. The van der Waals surface area contributed by atoms with Gasteiger partial charge < -0.3 is 9.26 Å². The van der Waals surface area contributed by atoms with Crippen LogP contribution < -0.4 is 4.74 Å². The van der Waals surface area contributed by atoms with Crippen molar-refractivity contribution in [1.29, 1.82) is 0 Å². The number of halogens is 3. The summed E-state index contributed by atoms with van der Waals surface area (Å²) in [7, 11) is 0. The molecule has 0 aliphatic rings. The van der Waals surface area contributed by atoms with Crippen molar-refractivity contribution in [3.63, 3.8) is 0 Å². The van der Waals surface area contributed by atoms with Crippen LogP contribution in [0.1, 0.15) is 5.89 Å². The molecule has 5 nitrogen and oxygen atoms in total. The van der Waals surface area contributed by atoms with Crippen molar-refractivity contribution in [3.8, 4) is 17.1 Å². The van der Waals surface area contributed by atoms with Crippen molar-refractivity contribution < 1.29 is 9.26 Å². The molecule has 3 aromatic rings. The van der Waals surface area contributed by atoms with Crippen LogP contribution in [-0.2, 0) is 6.61 Å². The number of hydrogen-bond acceptors (Lipinski definition) is 5. The summed E-state index contributed by atoms with van der Waals surface area (Å²) in [6, 6.07) is 6.61. The summed E-state index contributed by atoms with van der Waals surface area (Å²) >= 11 is 17.8. The second-order valence-corrected chi connectivity index (χ2v) is 5.45. The first-order chi connectivity index (χ1) is 10.6. The highest BCUT2D eigenvalue weighted by Gasteiger charge is 2.11. The van der Waals surface area contributed by atoms with Crippen molar-refractivity contribution in [2.24, 2.45) is 0 Å². The summed E-state index contributed by atoms with van der Waals surface area (Å²) in [5, 5.41) is 4.94. The van der Waals surface area contributed by atoms with E-state index in [4.69, 9.17) is 44.1 Å². The van der Waals surface area contributed by atoms with E-state index in [-0.39, 0.29) is 6.61 Å². The predicted molar refractivity (Wildman–Crippen MR) is 83.3 cm³/mol. The lowest BCUT2D eigenvalue weighted by atomic mass is 10.2. The smallest absolute Gasteiger partial charge is 0.264 e. The van der Waals surface area contributed by atoms with Crippen molar-refractivity contribution in [3.05, 3.63) is 57.6 Å². The summed E-state index contributed by atoms with van der Waals surface area (Å²) in [6.07, 6.45) is 3.30. The Balaban J connectivity index is 1.73. The Kier molecular flexibility index (Phi) is 4.47. The molecule has 0 saturated heterocycles. The molecule has 0 fully saturated rings. The van der Waals surface area contributed by atoms with Crippen molar-refractivity contribution in [2.75, 3.05) is 0 Å². The second-order valence-electron chi connectivity index (χ2n) is 4.23. The first kappa shape index (κ1) is 15.1. The first-order valence-electron chi connectivity index (χ1n) is 6.14. The molecule has 0 aliphatic carbocycles. The fraction of sp³-hybridized carbons (Fsp3) is 0.0714. The number of benzene rings is 1. The number of ether oxygens (including phenoxy) is 1. The molecular weight excluding hydrogens is 349 g/mol. The zero-order valence-electron chi connectivity index (χ0n) is 11.0. The maximum absolute atomic E-state index is 6.03. The highest BCUT2D eigenvalue weighted by molar-refractivity contribution is 6.43. The SMILES string of the molecule is Clc1cc(Cl)c(OCc2nc(-c3ccncc3)no2)cc1Cl. The molecule has 0 saturated carbocycles. The van der Waals surface area contributed by atoms with Gasteiger partial charge in [0, 0.05) is 24.0 Å². The lowest BCUT2D eigenvalue weighted by molar-refractivity contribution is 0.243. The number of nitrogens with zero attached hydrogens (tertiary/aromatic N) is 3. The molecule has 2 aromatic heterocycles. The zero-order valence-corrected chi connectivity index (χ0v) is 13.2. The number of hydrogen-bond donors (Lipinski definition) is 0. The van der Waals surface area contributed by atoms with Gasteiger partial charge in [-0.2, -0.15) is 4.98 Å². The van der Waals surface area contributed by atoms with Crippen LogP contribution in [0, 0.1) is 0 Å². The lowest BCUT2D eigenvalue weighted by Crippen LogP contribution is -1.96. The highest BCUT2D eigenvalue weighted by atomic mass is 35.5. The third-order valence-electron chi connectivity index (χ3n) is 2.73. The van der Waals surface area contributed by atoms with E-state index in [1.54, 1.807) is 24.5 Å². The van der Waals surface area contributed by atoms with Crippen LogP contribution in [-0.4, -0.2) is 15.1 Å². The Morgan fingerprint density at radius 2 is 1.73 bits per heavy atom. The number of aromatic nitrogens is 3. The van der Waals surface area contributed by atoms with Gasteiger partial charge in [-0.15, -0.1) is 0 Å². The summed E-state index contributed by atoms with van der Waals surface area (Å²) in [4.78, 5) is 8.16. The molecule has 2 heterocycles.